The number of hydrogen-bond acceptors (Lipinski definition) is 2. The Morgan fingerprint density at radius 1 is 1.17 bits per heavy atom. The van der Waals surface area contributed by atoms with Crippen molar-refractivity contribution >= 4 is 0 Å². The van der Waals surface area contributed by atoms with E-state index in [0.29, 0.717) is 0 Å². The molecule has 98 valence electrons. The molecule has 0 aromatic rings. The molecule has 1 rings (SSSR count). The van der Waals surface area contributed by atoms with Crippen LogP contribution in [0.4, 0.5) is 0 Å². The van der Waals surface area contributed by atoms with Gasteiger partial charge in [0.1, 0.15) is 6.54 Å². The van der Waals surface area contributed by atoms with E-state index in [1.54, 1.807) is 0 Å². The first-order valence-electron chi connectivity index (χ1n) is 6.35. The van der Waals surface area contributed by atoms with E-state index in [1.807, 2.05) is 0 Å². The minimum atomic E-state index is 1.10. The van der Waals surface area contributed by atoms with Gasteiger partial charge in [0.25, 0.3) is 0 Å². The third-order valence-electron chi connectivity index (χ3n) is 2.84. The molecule has 0 aromatic heterocycles. The van der Waals surface area contributed by atoms with Gasteiger partial charge in [0.15, 0.2) is 0 Å². The van der Waals surface area contributed by atoms with Gasteiger partial charge in [-0.3, -0.25) is 9.80 Å². The zero-order valence-electron chi connectivity index (χ0n) is 11.3. The molecule has 1 aliphatic heterocycles. The summed E-state index contributed by atoms with van der Waals surface area (Å²) in [5.74, 6) is 0. The summed E-state index contributed by atoms with van der Waals surface area (Å²) in [4.78, 5) is 0. The van der Waals surface area contributed by atoms with Crippen LogP contribution in [-0.4, -0.2) is 24.6 Å². The van der Waals surface area contributed by atoms with Gasteiger partial charge in [-0.2, -0.15) is 0 Å². The van der Waals surface area contributed by atoms with Gasteiger partial charge >= 0.3 is 0 Å². The lowest BCUT2D eigenvalue weighted by atomic mass is 10.2. The summed E-state index contributed by atoms with van der Waals surface area (Å²) >= 11 is 0. The van der Waals surface area contributed by atoms with Crippen LogP contribution in [0, 0.1) is 22.9 Å². The lowest BCUT2D eigenvalue weighted by Gasteiger charge is -2.30. The Bertz CT molecular complexity index is 334. The number of hydrogen-bond donors (Lipinski definition) is 0. The van der Waals surface area contributed by atoms with Crippen molar-refractivity contribution in [1.29, 1.82) is 10.5 Å². The van der Waals surface area contributed by atoms with Crippen molar-refractivity contribution in [2.75, 3.05) is 20.1 Å². The minimum absolute atomic E-state index is 1.10. The molecule has 1 atom stereocenters. The van der Waals surface area contributed by atoms with Gasteiger partial charge in [-0.05, 0) is 25.0 Å². The number of allylic oxidation sites excluding steroid dienone is 2. The summed E-state index contributed by atoms with van der Waals surface area (Å²) in [6.45, 7) is 4.73. The quantitative estimate of drug-likeness (QED) is 0.424. The van der Waals surface area contributed by atoms with Gasteiger partial charge in [-0.1, -0.05) is 25.8 Å². The molecule has 0 N–H and O–H groups in total. The Hall–Kier alpha value is -1.78. The highest BCUT2D eigenvalue weighted by Crippen LogP contribution is 2.12. The standard InChI is InChI=1S/C12H22N.C2N3/c1-3-4-5-7-10-13(2)11-8-6-9-12-13;3-1-5-2-4/h6,8-9,11H,3-5,7,10,12H2,1-2H3;/q+1;-1. The molecule has 0 aliphatic carbocycles. The second kappa shape index (κ2) is 10.4. The fraction of sp³-hybridized carbons (Fsp3) is 0.571. The third-order valence-corrected chi connectivity index (χ3v) is 2.84. The Kier molecular flexibility index (Phi) is 9.35. The summed E-state index contributed by atoms with van der Waals surface area (Å²) in [6, 6.07) is 0. The van der Waals surface area contributed by atoms with Crippen molar-refractivity contribution < 1.29 is 4.48 Å². The molecular weight excluding hydrogens is 224 g/mol. The van der Waals surface area contributed by atoms with E-state index in [2.05, 4.69) is 43.7 Å². The zero-order chi connectivity index (χ0) is 13.7. The average molecular weight is 246 g/mol. The van der Waals surface area contributed by atoms with E-state index >= 15 is 0 Å². The van der Waals surface area contributed by atoms with Crippen LogP contribution >= 0.6 is 0 Å². The Balaban J connectivity index is 0.000000494. The van der Waals surface area contributed by atoms with Gasteiger partial charge in [-0.25, -0.2) is 0 Å². The van der Waals surface area contributed by atoms with E-state index in [0.717, 1.165) is 4.48 Å². The molecule has 1 aliphatic rings. The van der Waals surface area contributed by atoms with E-state index in [-0.39, 0.29) is 0 Å². The van der Waals surface area contributed by atoms with Crippen molar-refractivity contribution in [3.8, 4) is 12.4 Å². The maximum atomic E-state index is 7.43. The van der Waals surface area contributed by atoms with Crippen LogP contribution in [0.25, 0.3) is 5.32 Å². The largest absolute Gasteiger partial charge is 0.385 e. The van der Waals surface area contributed by atoms with Crippen LogP contribution in [0.3, 0.4) is 0 Å². The van der Waals surface area contributed by atoms with Crippen LogP contribution in [0.5, 0.6) is 0 Å². The van der Waals surface area contributed by atoms with Gasteiger partial charge in [-0.15, -0.1) is 0 Å². The van der Waals surface area contributed by atoms with E-state index in [1.165, 1.54) is 51.2 Å². The Labute approximate surface area is 110 Å². The molecule has 0 saturated heterocycles. The van der Waals surface area contributed by atoms with Crippen molar-refractivity contribution in [2.24, 2.45) is 0 Å². The fourth-order valence-electron chi connectivity index (χ4n) is 1.79. The molecule has 0 amide bonds. The SMILES string of the molecule is CCCCCC[N+]1(C)C=CC=CC1.N#C[N-]C#N. The number of unbranched alkanes of at least 4 members (excludes halogenated alkanes) is 3. The molecule has 4 nitrogen and oxygen atoms in total. The van der Waals surface area contributed by atoms with Crippen molar-refractivity contribution in [1.82, 2.24) is 0 Å². The molecule has 0 spiro atoms. The average Bonchev–Trinajstić information content (AvgIpc) is 2.37. The van der Waals surface area contributed by atoms with Crippen molar-refractivity contribution in [3.63, 3.8) is 0 Å². The molecule has 0 aromatic carbocycles. The molecular formula is C14H22N4. The molecule has 0 radical (unpaired) electrons. The second-order valence-corrected chi connectivity index (χ2v) is 4.53. The first-order chi connectivity index (χ1) is 8.68. The van der Waals surface area contributed by atoms with Gasteiger partial charge < -0.3 is 10.5 Å². The Morgan fingerprint density at radius 2 is 1.89 bits per heavy atom. The van der Waals surface area contributed by atoms with Crippen molar-refractivity contribution in [3.05, 3.63) is 29.7 Å². The minimum Gasteiger partial charge on any atom is -0.385 e. The number of likely N-dealkylation sites (N-methyl/N-ethyl adjacent to an activating group) is 1. The summed E-state index contributed by atoms with van der Waals surface area (Å²) < 4.78 is 1.10. The van der Waals surface area contributed by atoms with Crippen LogP contribution in [-0.2, 0) is 0 Å². The first kappa shape index (κ1) is 16.2. The molecule has 0 fully saturated rings. The highest BCUT2D eigenvalue weighted by molar-refractivity contribution is 5.12. The van der Waals surface area contributed by atoms with Crippen molar-refractivity contribution in [2.45, 2.75) is 32.6 Å². The van der Waals surface area contributed by atoms with Crippen LogP contribution < -0.4 is 0 Å². The first-order valence-corrected chi connectivity index (χ1v) is 6.35. The summed E-state index contributed by atoms with van der Waals surface area (Å²) in [5, 5.41) is 17.4. The fourth-order valence-corrected chi connectivity index (χ4v) is 1.79. The second-order valence-electron chi connectivity index (χ2n) is 4.53. The predicted octanol–water partition coefficient (Wildman–Crippen LogP) is 3.42. The molecule has 1 unspecified atom stereocenters. The molecule has 4 heteroatoms. The molecule has 0 saturated carbocycles. The molecule has 18 heavy (non-hydrogen) atoms. The lowest BCUT2D eigenvalue weighted by molar-refractivity contribution is -0.854. The highest BCUT2D eigenvalue weighted by atomic mass is 15.3. The third kappa shape index (κ3) is 8.38. The maximum absolute atomic E-state index is 7.43. The van der Waals surface area contributed by atoms with E-state index in [9.17, 15) is 0 Å². The van der Waals surface area contributed by atoms with Crippen LogP contribution in [0.15, 0.2) is 24.4 Å². The predicted molar refractivity (Wildman–Crippen MR) is 72.9 cm³/mol. The summed E-state index contributed by atoms with van der Waals surface area (Å²) in [6.07, 6.45) is 16.9. The summed E-state index contributed by atoms with van der Waals surface area (Å²) in [5.41, 5.74) is 0. The van der Waals surface area contributed by atoms with E-state index in [4.69, 9.17) is 10.5 Å². The van der Waals surface area contributed by atoms with Gasteiger partial charge in [0.05, 0.1) is 19.8 Å². The normalized spacial score (nSPS) is 20.2. The Morgan fingerprint density at radius 3 is 2.33 bits per heavy atom. The summed E-state index contributed by atoms with van der Waals surface area (Å²) in [7, 11) is 2.31. The monoisotopic (exact) mass is 246 g/mol. The number of rotatable bonds is 5. The molecule has 0 bridgehead atoms. The zero-order valence-corrected chi connectivity index (χ0v) is 11.3. The maximum Gasteiger partial charge on any atom is 0.102 e. The van der Waals surface area contributed by atoms with Gasteiger partial charge in [0, 0.05) is 12.4 Å². The van der Waals surface area contributed by atoms with Crippen LogP contribution in [0.1, 0.15) is 32.6 Å². The number of nitriles is 2. The highest BCUT2D eigenvalue weighted by Gasteiger charge is 2.16. The van der Waals surface area contributed by atoms with Crippen LogP contribution in [0.2, 0.25) is 0 Å². The lowest BCUT2D eigenvalue weighted by Crippen LogP contribution is -2.40. The smallest absolute Gasteiger partial charge is 0.102 e. The topological polar surface area (TPSA) is 61.7 Å². The number of quaternary nitrogens is 1. The van der Waals surface area contributed by atoms with E-state index < -0.39 is 0 Å². The molecule has 1 heterocycles. The van der Waals surface area contributed by atoms with Gasteiger partial charge in [0.2, 0.25) is 0 Å². The number of nitrogens with zero attached hydrogens (tertiary/aromatic N) is 4.